The number of aliphatic hydroxyl groups is 1. The molecule has 1 aromatic carbocycles. The van der Waals surface area contributed by atoms with Crippen molar-refractivity contribution in [2.24, 2.45) is 5.41 Å². The van der Waals surface area contributed by atoms with Gasteiger partial charge in [-0.1, -0.05) is 18.2 Å². The Morgan fingerprint density at radius 1 is 1.27 bits per heavy atom. The number of piperidine rings is 1. The van der Waals surface area contributed by atoms with Crippen molar-refractivity contribution in [2.75, 3.05) is 26.8 Å². The van der Waals surface area contributed by atoms with Crippen LogP contribution in [0.5, 0.6) is 5.75 Å². The van der Waals surface area contributed by atoms with Crippen molar-refractivity contribution in [3.63, 3.8) is 0 Å². The first-order valence-corrected chi connectivity index (χ1v) is 8.33. The third kappa shape index (κ3) is 2.75. The zero-order valence-corrected chi connectivity index (χ0v) is 13.6. The van der Waals surface area contributed by atoms with E-state index in [4.69, 9.17) is 9.47 Å². The number of benzene rings is 1. The number of likely N-dealkylation sites (tertiary alicyclic amines) is 1. The quantitative estimate of drug-likeness (QED) is 0.907. The van der Waals surface area contributed by atoms with E-state index in [9.17, 15) is 5.11 Å². The lowest BCUT2D eigenvalue weighted by Gasteiger charge is -2.56. The molecule has 1 aliphatic heterocycles. The fourth-order valence-electron chi connectivity index (χ4n) is 4.02. The first-order chi connectivity index (χ1) is 10.7. The zero-order chi connectivity index (χ0) is 15.6. The largest absolute Gasteiger partial charge is 0.496 e. The molecule has 122 valence electrons. The molecule has 4 nitrogen and oxygen atoms in total. The fourth-order valence-corrected chi connectivity index (χ4v) is 4.02. The summed E-state index contributed by atoms with van der Waals surface area (Å²) in [5.41, 5.74) is 1.24. The molecule has 1 N–H and O–H groups in total. The molecule has 0 amide bonds. The van der Waals surface area contributed by atoms with Gasteiger partial charge in [0.1, 0.15) is 5.75 Å². The average Bonchev–Trinajstić information content (AvgIpc) is 2.56. The molecule has 0 aromatic heterocycles. The first-order valence-electron chi connectivity index (χ1n) is 8.33. The highest BCUT2D eigenvalue weighted by atomic mass is 16.5. The maximum Gasteiger partial charge on any atom is 0.123 e. The van der Waals surface area contributed by atoms with E-state index in [1.807, 2.05) is 19.1 Å². The first kappa shape index (κ1) is 15.8. The van der Waals surface area contributed by atoms with E-state index in [0.29, 0.717) is 0 Å². The average molecular weight is 305 g/mol. The van der Waals surface area contributed by atoms with Crippen molar-refractivity contribution in [3.8, 4) is 5.75 Å². The SMILES string of the molecule is CCOC1CC(O)C12CCN(Cc1ccccc1OC)CC2. The van der Waals surface area contributed by atoms with Gasteiger partial charge in [0.25, 0.3) is 0 Å². The van der Waals surface area contributed by atoms with E-state index in [2.05, 4.69) is 17.0 Å². The molecule has 3 rings (SSSR count). The highest BCUT2D eigenvalue weighted by Gasteiger charge is 2.55. The van der Waals surface area contributed by atoms with E-state index in [-0.39, 0.29) is 17.6 Å². The number of methoxy groups -OCH3 is 1. The summed E-state index contributed by atoms with van der Waals surface area (Å²) >= 11 is 0. The van der Waals surface area contributed by atoms with Gasteiger partial charge in [-0.3, -0.25) is 4.90 Å². The Balaban J connectivity index is 1.60. The van der Waals surface area contributed by atoms with Crippen LogP contribution in [0.3, 0.4) is 0 Å². The van der Waals surface area contributed by atoms with E-state index in [0.717, 1.165) is 51.3 Å². The number of aliphatic hydroxyl groups excluding tert-OH is 1. The van der Waals surface area contributed by atoms with Crippen LogP contribution in [0, 0.1) is 5.41 Å². The van der Waals surface area contributed by atoms with Gasteiger partial charge in [-0.05, 0) is 38.9 Å². The van der Waals surface area contributed by atoms with E-state index >= 15 is 0 Å². The lowest BCUT2D eigenvalue weighted by molar-refractivity contribution is -0.209. The normalized spacial score (nSPS) is 27.6. The van der Waals surface area contributed by atoms with E-state index in [1.54, 1.807) is 7.11 Å². The van der Waals surface area contributed by atoms with E-state index in [1.165, 1.54) is 5.56 Å². The standard InChI is InChI=1S/C18H27NO3/c1-3-22-17-12-16(20)18(17)8-10-19(11-9-18)13-14-6-4-5-7-15(14)21-2/h4-7,16-17,20H,3,8-13H2,1-2H3. The van der Waals surface area contributed by atoms with Crippen molar-refractivity contribution >= 4 is 0 Å². The summed E-state index contributed by atoms with van der Waals surface area (Å²) in [6.45, 7) is 5.71. The Morgan fingerprint density at radius 2 is 2.00 bits per heavy atom. The van der Waals surface area contributed by atoms with Crippen LogP contribution in [-0.2, 0) is 11.3 Å². The molecule has 4 heteroatoms. The predicted molar refractivity (Wildman–Crippen MR) is 86.0 cm³/mol. The molecular weight excluding hydrogens is 278 g/mol. The molecule has 1 heterocycles. The monoisotopic (exact) mass is 305 g/mol. The van der Waals surface area contributed by atoms with Crippen LogP contribution >= 0.6 is 0 Å². The van der Waals surface area contributed by atoms with Crippen LogP contribution in [0.4, 0.5) is 0 Å². The van der Waals surface area contributed by atoms with Gasteiger partial charge in [-0.25, -0.2) is 0 Å². The van der Waals surface area contributed by atoms with Crippen LogP contribution in [0.1, 0.15) is 31.7 Å². The molecule has 0 radical (unpaired) electrons. The van der Waals surface area contributed by atoms with Crippen molar-refractivity contribution in [1.82, 2.24) is 4.90 Å². The van der Waals surface area contributed by atoms with Crippen LogP contribution in [0.2, 0.25) is 0 Å². The molecule has 2 atom stereocenters. The molecule has 2 fully saturated rings. The molecule has 2 unspecified atom stereocenters. The number of hydrogen-bond donors (Lipinski definition) is 1. The summed E-state index contributed by atoms with van der Waals surface area (Å²) in [5.74, 6) is 0.957. The molecule has 1 spiro atoms. The van der Waals surface area contributed by atoms with Gasteiger partial charge in [0.05, 0.1) is 19.3 Å². The van der Waals surface area contributed by atoms with Crippen molar-refractivity contribution < 1.29 is 14.6 Å². The van der Waals surface area contributed by atoms with Crippen LogP contribution in [-0.4, -0.2) is 49.0 Å². The summed E-state index contributed by atoms with van der Waals surface area (Å²) in [5, 5.41) is 10.3. The van der Waals surface area contributed by atoms with Gasteiger partial charge in [-0.15, -0.1) is 0 Å². The second kappa shape index (κ2) is 6.57. The summed E-state index contributed by atoms with van der Waals surface area (Å²) in [7, 11) is 1.72. The highest BCUT2D eigenvalue weighted by molar-refractivity contribution is 5.33. The summed E-state index contributed by atoms with van der Waals surface area (Å²) in [4.78, 5) is 2.46. The number of para-hydroxylation sites is 1. The minimum Gasteiger partial charge on any atom is -0.496 e. The van der Waals surface area contributed by atoms with Gasteiger partial charge in [0.15, 0.2) is 0 Å². The van der Waals surface area contributed by atoms with Gasteiger partial charge < -0.3 is 14.6 Å². The van der Waals surface area contributed by atoms with Gasteiger partial charge in [-0.2, -0.15) is 0 Å². The van der Waals surface area contributed by atoms with E-state index < -0.39 is 0 Å². The van der Waals surface area contributed by atoms with Crippen molar-refractivity contribution in [3.05, 3.63) is 29.8 Å². The molecule has 22 heavy (non-hydrogen) atoms. The Bertz CT molecular complexity index is 495. The highest BCUT2D eigenvalue weighted by Crippen LogP contribution is 2.51. The second-order valence-corrected chi connectivity index (χ2v) is 6.52. The zero-order valence-electron chi connectivity index (χ0n) is 13.6. The Labute approximate surface area is 133 Å². The Morgan fingerprint density at radius 3 is 2.64 bits per heavy atom. The minimum absolute atomic E-state index is 0.00723. The Kier molecular flexibility index (Phi) is 4.71. The third-order valence-electron chi connectivity index (χ3n) is 5.48. The second-order valence-electron chi connectivity index (χ2n) is 6.52. The van der Waals surface area contributed by atoms with Gasteiger partial charge >= 0.3 is 0 Å². The van der Waals surface area contributed by atoms with Crippen LogP contribution < -0.4 is 4.74 Å². The number of rotatable bonds is 5. The Hall–Kier alpha value is -1.10. The number of nitrogens with zero attached hydrogens (tertiary/aromatic N) is 1. The summed E-state index contributed by atoms with van der Waals surface area (Å²) in [6.07, 6.45) is 2.92. The summed E-state index contributed by atoms with van der Waals surface area (Å²) < 4.78 is 11.3. The molecule has 1 saturated carbocycles. The molecule has 1 aromatic rings. The number of hydrogen-bond acceptors (Lipinski definition) is 4. The van der Waals surface area contributed by atoms with Gasteiger partial charge in [0, 0.05) is 30.6 Å². The van der Waals surface area contributed by atoms with Crippen LogP contribution in [0.15, 0.2) is 24.3 Å². The smallest absolute Gasteiger partial charge is 0.123 e. The maximum absolute atomic E-state index is 10.3. The lowest BCUT2D eigenvalue weighted by atomic mass is 9.58. The third-order valence-corrected chi connectivity index (χ3v) is 5.48. The molecule has 0 bridgehead atoms. The molecule has 1 saturated heterocycles. The van der Waals surface area contributed by atoms with Crippen molar-refractivity contribution in [2.45, 2.75) is 44.9 Å². The lowest BCUT2D eigenvalue weighted by Crippen LogP contribution is -2.62. The fraction of sp³-hybridized carbons (Fsp3) is 0.667. The molecular formula is C18H27NO3. The topological polar surface area (TPSA) is 41.9 Å². The number of ether oxygens (including phenoxy) is 2. The minimum atomic E-state index is -0.183. The van der Waals surface area contributed by atoms with Gasteiger partial charge in [0.2, 0.25) is 0 Å². The van der Waals surface area contributed by atoms with Crippen molar-refractivity contribution in [1.29, 1.82) is 0 Å². The maximum atomic E-state index is 10.3. The summed E-state index contributed by atoms with van der Waals surface area (Å²) in [6, 6.07) is 8.21. The predicted octanol–water partition coefficient (Wildman–Crippen LogP) is 2.45. The molecule has 1 aliphatic carbocycles. The molecule has 2 aliphatic rings. The van der Waals surface area contributed by atoms with Crippen LogP contribution in [0.25, 0.3) is 0 Å².